The van der Waals surface area contributed by atoms with Gasteiger partial charge in [0.25, 0.3) is 0 Å². The van der Waals surface area contributed by atoms with Crippen molar-refractivity contribution in [3.8, 4) is 17.1 Å². The number of aromatic nitrogens is 2. The van der Waals surface area contributed by atoms with Gasteiger partial charge in [-0.1, -0.05) is 11.6 Å². The van der Waals surface area contributed by atoms with Crippen LogP contribution in [0.25, 0.3) is 17.1 Å². The van der Waals surface area contributed by atoms with Crippen molar-refractivity contribution in [2.75, 3.05) is 0 Å². The number of primary sulfonamides is 1. The Hall–Kier alpha value is -2.22. The van der Waals surface area contributed by atoms with Crippen LogP contribution in [0.4, 0.5) is 4.39 Å². The van der Waals surface area contributed by atoms with Gasteiger partial charge in [-0.15, -0.1) is 0 Å². The van der Waals surface area contributed by atoms with E-state index >= 15 is 0 Å². The van der Waals surface area contributed by atoms with E-state index in [2.05, 4.69) is 4.98 Å². The number of benzene rings is 2. The summed E-state index contributed by atoms with van der Waals surface area (Å²) < 4.78 is 37.7. The molecule has 0 aliphatic carbocycles. The molecule has 0 saturated heterocycles. The molecule has 5 nitrogen and oxygen atoms in total. The first-order chi connectivity index (χ1) is 10.8. The number of hydrogen-bond donors (Lipinski definition) is 1. The zero-order valence-corrected chi connectivity index (χ0v) is 13.2. The Bertz CT molecular complexity index is 951. The van der Waals surface area contributed by atoms with Crippen LogP contribution in [0.5, 0.6) is 0 Å². The standard InChI is InChI=1S/C15H11ClFN3O2S/c16-11-3-1-10(2-4-11)15-19-14(17)9-20(15)12-5-7-13(8-6-12)23(18,21)22/h1-9H,(H2,18,21,22). The van der Waals surface area contributed by atoms with Crippen molar-refractivity contribution in [3.63, 3.8) is 0 Å². The highest BCUT2D eigenvalue weighted by Gasteiger charge is 2.13. The molecule has 0 saturated carbocycles. The molecule has 0 radical (unpaired) electrons. The second kappa shape index (κ2) is 5.77. The van der Waals surface area contributed by atoms with Crippen LogP contribution in [0.1, 0.15) is 0 Å². The lowest BCUT2D eigenvalue weighted by atomic mass is 10.2. The predicted molar refractivity (Wildman–Crippen MR) is 85.3 cm³/mol. The Morgan fingerprint density at radius 3 is 2.22 bits per heavy atom. The number of rotatable bonds is 3. The van der Waals surface area contributed by atoms with Crippen LogP contribution < -0.4 is 5.14 Å². The van der Waals surface area contributed by atoms with Crippen LogP contribution in [0.2, 0.25) is 5.02 Å². The van der Waals surface area contributed by atoms with Crippen LogP contribution in [-0.4, -0.2) is 18.0 Å². The molecule has 1 aromatic heterocycles. The lowest BCUT2D eigenvalue weighted by molar-refractivity contribution is 0.590. The lowest BCUT2D eigenvalue weighted by Crippen LogP contribution is -2.12. The minimum Gasteiger partial charge on any atom is -0.297 e. The molecular weight excluding hydrogens is 341 g/mol. The molecule has 8 heteroatoms. The van der Waals surface area contributed by atoms with Crippen molar-refractivity contribution in [1.82, 2.24) is 9.55 Å². The largest absolute Gasteiger partial charge is 0.297 e. The molecule has 0 bridgehead atoms. The maximum Gasteiger partial charge on any atom is 0.238 e. The molecule has 23 heavy (non-hydrogen) atoms. The van der Waals surface area contributed by atoms with E-state index in [-0.39, 0.29) is 4.90 Å². The Morgan fingerprint density at radius 1 is 1.04 bits per heavy atom. The van der Waals surface area contributed by atoms with Crippen LogP contribution in [0, 0.1) is 5.95 Å². The molecule has 0 aliphatic rings. The average Bonchev–Trinajstić information content (AvgIpc) is 2.89. The molecule has 0 spiro atoms. The molecular formula is C15H11ClFN3O2S. The van der Waals surface area contributed by atoms with Gasteiger partial charge in [0, 0.05) is 16.3 Å². The smallest absolute Gasteiger partial charge is 0.238 e. The molecule has 0 atom stereocenters. The number of sulfonamides is 1. The van der Waals surface area contributed by atoms with Crippen LogP contribution in [0.15, 0.2) is 59.6 Å². The minimum atomic E-state index is -3.78. The van der Waals surface area contributed by atoms with E-state index in [1.165, 1.54) is 35.0 Å². The van der Waals surface area contributed by atoms with E-state index in [1.807, 2.05) is 0 Å². The number of halogens is 2. The van der Waals surface area contributed by atoms with E-state index in [4.69, 9.17) is 16.7 Å². The second-order valence-electron chi connectivity index (χ2n) is 4.80. The molecule has 2 aromatic carbocycles. The summed E-state index contributed by atoms with van der Waals surface area (Å²) in [4.78, 5) is 3.85. The van der Waals surface area contributed by atoms with Gasteiger partial charge in [0.2, 0.25) is 16.0 Å². The highest BCUT2D eigenvalue weighted by atomic mass is 35.5. The number of nitrogens with zero attached hydrogens (tertiary/aromatic N) is 2. The third-order valence-corrected chi connectivity index (χ3v) is 4.40. The lowest BCUT2D eigenvalue weighted by Gasteiger charge is -2.08. The average molecular weight is 352 g/mol. The summed E-state index contributed by atoms with van der Waals surface area (Å²) >= 11 is 5.85. The zero-order chi connectivity index (χ0) is 16.6. The van der Waals surface area contributed by atoms with Crippen LogP contribution in [-0.2, 0) is 10.0 Å². The Balaban J connectivity index is 2.09. The molecule has 0 aliphatic heterocycles. The van der Waals surface area contributed by atoms with Gasteiger partial charge in [-0.05, 0) is 48.5 Å². The van der Waals surface area contributed by atoms with Crippen LogP contribution >= 0.6 is 11.6 Å². The molecule has 1 heterocycles. The van der Waals surface area contributed by atoms with Crippen LogP contribution in [0.3, 0.4) is 0 Å². The number of nitrogens with two attached hydrogens (primary N) is 1. The first kappa shape index (κ1) is 15.7. The van der Waals surface area contributed by atoms with Gasteiger partial charge in [-0.25, -0.2) is 13.6 Å². The van der Waals surface area contributed by atoms with Gasteiger partial charge < -0.3 is 0 Å². The topological polar surface area (TPSA) is 78.0 Å². The summed E-state index contributed by atoms with van der Waals surface area (Å²) in [5.74, 6) is -0.270. The fourth-order valence-electron chi connectivity index (χ4n) is 2.15. The fourth-order valence-corrected chi connectivity index (χ4v) is 2.79. The molecule has 0 amide bonds. The van der Waals surface area contributed by atoms with E-state index in [0.29, 0.717) is 22.1 Å². The van der Waals surface area contributed by atoms with Gasteiger partial charge in [0.05, 0.1) is 11.1 Å². The summed E-state index contributed by atoms with van der Waals surface area (Å²) in [5.41, 5.74) is 1.23. The van der Waals surface area contributed by atoms with Crippen molar-refractivity contribution in [2.45, 2.75) is 4.90 Å². The van der Waals surface area contributed by atoms with E-state index in [1.54, 1.807) is 24.3 Å². The predicted octanol–water partition coefficient (Wildman–Crippen LogP) is 2.98. The number of imidazole rings is 1. The summed E-state index contributed by atoms with van der Waals surface area (Å²) in [5, 5.41) is 5.63. The first-order valence-corrected chi connectivity index (χ1v) is 8.41. The molecule has 3 rings (SSSR count). The zero-order valence-electron chi connectivity index (χ0n) is 11.6. The normalized spacial score (nSPS) is 11.6. The fraction of sp³-hybridized carbons (Fsp3) is 0. The third kappa shape index (κ3) is 3.26. The molecule has 3 aromatic rings. The third-order valence-electron chi connectivity index (χ3n) is 3.22. The van der Waals surface area contributed by atoms with Crippen molar-refractivity contribution >= 4 is 21.6 Å². The highest BCUT2D eigenvalue weighted by Crippen LogP contribution is 2.24. The second-order valence-corrected chi connectivity index (χ2v) is 6.80. The Kier molecular flexibility index (Phi) is 3.93. The first-order valence-electron chi connectivity index (χ1n) is 6.49. The Labute approximate surface area is 137 Å². The summed E-state index contributed by atoms with van der Waals surface area (Å²) in [6.07, 6.45) is 1.22. The number of hydrogen-bond acceptors (Lipinski definition) is 3. The summed E-state index contributed by atoms with van der Waals surface area (Å²) in [6.45, 7) is 0. The molecule has 118 valence electrons. The molecule has 2 N–H and O–H groups in total. The van der Waals surface area contributed by atoms with Crippen molar-refractivity contribution in [3.05, 3.63) is 65.7 Å². The maximum atomic E-state index is 13.6. The monoisotopic (exact) mass is 351 g/mol. The highest BCUT2D eigenvalue weighted by molar-refractivity contribution is 7.89. The summed E-state index contributed by atoms with van der Waals surface area (Å²) in [7, 11) is -3.78. The van der Waals surface area contributed by atoms with E-state index < -0.39 is 16.0 Å². The van der Waals surface area contributed by atoms with E-state index in [0.717, 1.165) is 0 Å². The van der Waals surface area contributed by atoms with Gasteiger partial charge in [-0.2, -0.15) is 9.37 Å². The maximum absolute atomic E-state index is 13.6. The molecule has 0 fully saturated rings. The summed E-state index contributed by atoms with van der Waals surface area (Å²) in [6, 6.07) is 12.6. The SMILES string of the molecule is NS(=O)(=O)c1ccc(-n2cc(F)nc2-c2ccc(Cl)cc2)cc1. The molecule has 0 unspecified atom stereocenters. The van der Waals surface area contributed by atoms with Crippen molar-refractivity contribution in [2.24, 2.45) is 5.14 Å². The van der Waals surface area contributed by atoms with Gasteiger partial charge >= 0.3 is 0 Å². The van der Waals surface area contributed by atoms with Gasteiger partial charge in [-0.3, -0.25) is 4.57 Å². The Morgan fingerprint density at radius 2 is 1.65 bits per heavy atom. The quantitative estimate of drug-likeness (QED) is 0.788. The van der Waals surface area contributed by atoms with Gasteiger partial charge in [0.15, 0.2) is 0 Å². The van der Waals surface area contributed by atoms with Gasteiger partial charge in [0.1, 0.15) is 5.82 Å². The van der Waals surface area contributed by atoms with E-state index in [9.17, 15) is 12.8 Å². The van der Waals surface area contributed by atoms with Crippen molar-refractivity contribution < 1.29 is 12.8 Å². The minimum absolute atomic E-state index is 0.0186. The van der Waals surface area contributed by atoms with Crippen molar-refractivity contribution in [1.29, 1.82) is 0 Å².